The molecular formula is C15H17N3O2. The van der Waals surface area contributed by atoms with Gasteiger partial charge in [-0.25, -0.2) is 0 Å². The second-order valence-electron chi connectivity index (χ2n) is 5.21. The van der Waals surface area contributed by atoms with Gasteiger partial charge in [0.1, 0.15) is 0 Å². The minimum Gasteiger partial charge on any atom is -0.345 e. The molecule has 0 aliphatic carbocycles. The van der Waals surface area contributed by atoms with Gasteiger partial charge in [0, 0.05) is 26.4 Å². The van der Waals surface area contributed by atoms with Crippen LogP contribution in [0.3, 0.4) is 0 Å². The molecule has 3 rings (SSSR count). The topological polar surface area (TPSA) is 59.2 Å². The molecule has 1 aliphatic rings. The highest BCUT2D eigenvalue weighted by atomic mass is 16.5. The summed E-state index contributed by atoms with van der Waals surface area (Å²) in [4.78, 5) is 17.6. The summed E-state index contributed by atoms with van der Waals surface area (Å²) < 4.78 is 5.29. The number of aryl methyl sites for hydroxylation is 2. The van der Waals surface area contributed by atoms with Crippen molar-refractivity contribution in [2.24, 2.45) is 0 Å². The molecule has 0 N–H and O–H groups in total. The Labute approximate surface area is 117 Å². The Morgan fingerprint density at radius 2 is 2.10 bits per heavy atom. The minimum atomic E-state index is 0.0467. The first-order chi connectivity index (χ1) is 9.72. The summed E-state index contributed by atoms with van der Waals surface area (Å²) in [5.41, 5.74) is 1.26. The molecule has 0 radical (unpaired) electrons. The monoisotopic (exact) mass is 271 g/mol. The van der Waals surface area contributed by atoms with Crippen LogP contribution < -0.4 is 0 Å². The molecule has 1 saturated heterocycles. The van der Waals surface area contributed by atoms with Gasteiger partial charge < -0.3 is 9.42 Å². The summed E-state index contributed by atoms with van der Waals surface area (Å²) in [6.45, 7) is 0.666. The fourth-order valence-electron chi connectivity index (χ4n) is 2.46. The third-order valence-corrected chi connectivity index (χ3v) is 3.65. The number of likely N-dealkylation sites (N-methyl/N-ethyl adjacent to an activating group) is 1. The van der Waals surface area contributed by atoms with Crippen LogP contribution in [0.4, 0.5) is 0 Å². The summed E-state index contributed by atoms with van der Waals surface area (Å²) in [7, 11) is 1.80. The lowest BCUT2D eigenvalue weighted by Crippen LogP contribution is -2.18. The molecule has 1 aliphatic heterocycles. The first-order valence-corrected chi connectivity index (χ1v) is 6.83. The van der Waals surface area contributed by atoms with Crippen LogP contribution in [0.25, 0.3) is 0 Å². The molecule has 0 spiro atoms. The molecule has 1 amide bonds. The van der Waals surface area contributed by atoms with Crippen LogP contribution in [0.2, 0.25) is 0 Å². The summed E-state index contributed by atoms with van der Waals surface area (Å²) in [6.07, 6.45) is 2.12. The van der Waals surface area contributed by atoms with Gasteiger partial charge in [0.05, 0.1) is 5.92 Å². The number of carbonyl (C=O) groups is 1. The number of hydrogen-bond acceptors (Lipinski definition) is 4. The van der Waals surface area contributed by atoms with Crippen LogP contribution in [-0.2, 0) is 17.6 Å². The van der Waals surface area contributed by atoms with Gasteiger partial charge in [0.25, 0.3) is 0 Å². The van der Waals surface area contributed by atoms with E-state index in [0.29, 0.717) is 24.7 Å². The lowest BCUT2D eigenvalue weighted by Gasteiger charge is -2.05. The smallest absolute Gasteiger partial charge is 0.232 e. The van der Waals surface area contributed by atoms with Gasteiger partial charge in [-0.3, -0.25) is 4.79 Å². The van der Waals surface area contributed by atoms with Crippen molar-refractivity contribution in [1.82, 2.24) is 15.0 Å². The Balaban J connectivity index is 1.61. The molecule has 5 nitrogen and oxygen atoms in total. The number of rotatable bonds is 4. The fraction of sp³-hybridized carbons (Fsp3) is 0.400. The van der Waals surface area contributed by atoms with E-state index in [-0.39, 0.29) is 11.8 Å². The predicted molar refractivity (Wildman–Crippen MR) is 73.1 cm³/mol. The highest BCUT2D eigenvalue weighted by Gasteiger charge is 2.31. The molecule has 1 aromatic carbocycles. The minimum absolute atomic E-state index is 0.0467. The molecule has 0 saturated carbocycles. The maximum absolute atomic E-state index is 11.5. The molecule has 2 heterocycles. The lowest BCUT2D eigenvalue weighted by atomic mass is 10.1. The maximum atomic E-state index is 11.5. The third kappa shape index (κ3) is 2.71. The zero-order chi connectivity index (χ0) is 13.9. The van der Waals surface area contributed by atoms with E-state index in [9.17, 15) is 4.79 Å². The molecule has 104 valence electrons. The Hall–Kier alpha value is -2.17. The maximum Gasteiger partial charge on any atom is 0.232 e. The zero-order valence-corrected chi connectivity index (χ0v) is 11.5. The van der Waals surface area contributed by atoms with E-state index in [1.54, 1.807) is 11.9 Å². The number of hydrogen-bond donors (Lipinski definition) is 0. The van der Waals surface area contributed by atoms with Gasteiger partial charge in [-0.2, -0.15) is 4.98 Å². The van der Waals surface area contributed by atoms with E-state index in [4.69, 9.17) is 4.52 Å². The number of nitrogens with zero attached hydrogens (tertiary/aromatic N) is 3. The van der Waals surface area contributed by atoms with Crippen molar-refractivity contribution < 1.29 is 9.32 Å². The zero-order valence-electron chi connectivity index (χ0n) is 11.5. The van der Waals surface area contributed by atoms with Crippen LogP contribution in [0.15, 0.2) is 34.9 Å². The normalized spacial score (nSPS) is 18.8. The van der Waals surface area contributed by atoms with E-state index in [2.05, 4.69) is 22.3 Å². The van der Waals surface area contributed by atoms with E-state index < -0.39 is 0 Å². The molecule has 1 aromatic heterocycles. The third-order valence-electron chi connectivity index (χ3n) is 3.65. The van der Waals surface area contributed by atoms with Crippen molar-refractivity contribution in [3.05, 3.63) is 47.6 Å². The van der Waals surface area contributed by atoms with Gasteiger partial charge in [0.2, 0.25) is 11.8 Å². The summed E-state index contributed by atoms with van der Waals surface area (Å²) >= 11 is 0. The van der Waals surface area contributed by atoms with Crippen molar-refractivity contribution in [3.8, 4) is 0 Å². The van der Waals surface area contributed by atoms with Crippen LogP contribution in [0.1, 0.15) is 29.6 Å². The van der Waals surface area contributed by atoms with Gasteiger partial charge in [-0.1, -0.05) is 35.5 Å². The van der Waals surface area contributed by atoms with E-state index >= 15 is 0 Å². The Bertz CT molecular complexity index is 594. The first kappa shape index (κ1) is 12.8. The van der Waals surface area contributed by atoms with Crippen LogP contribution in [0, 0.1) is 0 Å². The molecule has 2 aromatic rings. The number of amides is 1. The molecule has 0 bridgehead atoms. The van der Waals surface area contributed by atoms with Crippen molar-refractivity contribution in [1.29, 1.82) is 0 Å². The summed E-state index contributed by atoms with van der Waals surface area (Å²) in [5, 5.41) is 4.01. The lowest BCUT2D eigenvalue weighted by molar-refractivity contribution is -0.126. The molecule has 1 atom stereocenters. The molecule has 5 heteroatoms. The summed E-state index contributed by atoms with van der Waals surface area (Å²) in [6, 6.07) is 10.2. The van der Waals surface area contributed by atoms with Crippen LogP contribution >= 0.6 is 0 Å². The quantitative estimate of drug-likeness (QED) is 0.850. The second kappa shape index (κ2) is 5.45. The SMILES string of the molecule is CN1CC(c2nc(CCc3ccccc3)no2)CC1=O. The first-order valence-electron chi connectivity index (χ1n) is 6.83. The van der Waals surface area contributed by atoms with Gasteiger partial charge in [-0.05, 0) is 12.0 Å². The van der Waals surface area contributed by atoms with Crippen molar-refractivity contribution in [2.75, 3.05) is 13.6 Å². The van der Waals surface area contributed by atoms with E-state index in [1.165, 1.54) is 5.56 Å². The van der Waals surface area contributed by atoms with Gasteiger partial charge in [0.15, 0.2) is 5.82 Å². The number of aromatic nitrogens is 2. The standard InChI is InChI=1S/C15H17N3O2/c1-18-10-12(9-14(18)19)15-16-13(17-20-15)8-7-11-5-3-2-4-6-11/h2-6,12H,7-10H2,1H3. The molecule has 20 heavy (non-hydrogen) atoms. The van der Waals surface area contributed by atoms with Gasteiger partial charge >= 0.3 is 0 Å². The molecule has 1 fully saturated rings. The van der Waals surface area contributed by atoms with Crippen LogP contribution in [-0.4, -0.2) is 34.5 Å². The highest BCUT2D eigenvalue weighted by molar-refractivity contribution is 5.79. The number of carbonyl (C=O) groups excluding carboxylic acids is 1. The molecule has 1 unspecified atom stereocenters. The van der Waals surface area contributed by atoms with Gasteiger partial charge in [-0.15, -0.1) is 0 Å². The highest BCUT2D eigenvalue weighted by Crippen LogP contribution is 2.25. The fourth-order valence-corrected chi connectivity index (χ4v) is 2.46. The van der Waals surface area contributed by atoms with Crippen LogP contribution in [0.5, 0.6) is 0 Å². The average molecular weight is 271 g/mol. The number of benzene rings is 1. The Morgan fingerprint density at radius 1 is 1.30 bits per heavy atom. The largest absolute Gasteiger partial charge is 0.345 e. The van der Waals surface area contributed by atoms with E-state index in [1.807, 2.05) is 18.2 Å². The van der Waals surface area contributed by atoms with Crippen molar-refractivity contribution in [3.63, 3.8) is 0 Å². The molecular weight excluding hydrogens is 254 g/mol. The summed E-state index contributed by atoms with van der Waals surface area (Å²) in [5.74, 6) is 1.49. The average Bonchev–Trinajstić information content (AvgIpc) is 3.06. The number of likely N-dealkylation sites (tertiary alicyclic amines) is 1. The Morgan fingerprint density at radius 3 is 2.80 bits per heavy atom. The van der Waals surface area contributed by atoms with E-state index in [0.717, 1.165) is 12.8 Å². The predicted octanol–water partition coefficient (Wildman–Crippen LogP) is 1.80. The second-order valence-corrected chi connectivity index (χ2v) is 5.21. The van der Waals surface area contributed by atoms with Crippen molar-refractivity contribution in [2.45, 2.75) is 25.2 Å². The Kier molecular flexibility index (Phi) is 3.50. The van der Waals surface area contributed by atoms with Crippen molar-refractivity contribution >= 4 is 5.91 Å².